The summed E-state index contributed by atoms with van der Waals surface area (Å²) in [5, 5.41) is 16.4. The molecule has 4 atom stereocenters. The van der Waals surface area contributed by atoms with Gasteiger partial charge in [-0.2, -0.15) is 26.3 Å². The number of benzene rings is 4. The molecule has 68 heavy (non-hydrogen) atoms. The third-order valence-corrected chi connectivity index (χ3v) is 13.1. The summed E-state index contributed by atoms with van der Waals surface area (Å²) in [6.45, 7) is -0.628. The highest BCUT2D eigenvalue weighted by atomic mass is 35.5. The Labute approximate surface area is 395 Å². The first-order valence-corrected chi connectivity index (χ1v) is 23.9. The van der Waals surface area contributed by atoms with Gasteiger partial charge in [0.25, 0.3) is 17.7 Å². The summed E-state index contributed by atoms with van der Waals surface area (Å²) in [6.07, 6.45) is -0.126. The Hall–Kier alpha value is -5.79. The number of amides is 4. The maximum atomic E-state index is 12.9. The summed E-state index contributed by atoms with van der Waals surface area (Å²) < 4.78 is 99.8. The number of hydrogen-bond donors (Lipinski definition) is 5. The third-order valence-electron chi connectivity index (χ3n) is 11.9. The molecule has 2 saturated carbocycles. The monoisotopic (exact) mass is 991 g/mol. The molecule has 4 aromatic rings. The first kappa shape index (κ1) is 53.2. The van der Waals surface area contributed by atoms with Crippen LogP contribution in [0.2, 0.25) is 5.02 Å². The van der Waals surface area contributed by atoms with E-state index < -0.39 is 51.2 Å². The van der Waals surface area contributed by atoms with Crippen molar-refractivity contribution in [1.82, 2.24) is 21.3 Å². The van der Waals surface area contributed by atoms with E-state index >= 15 is 0 Å². The van der Waals surface area contributed by atoms with E-state index in [0.717, 1.165) is 81.7 Å². The molecule has 2 aliphatic carbocycles. The van der Waals surface area contributed by atoms with Crippen molar-refractivity contribution in [2.24, 2.45) is 17.0 Å². The minimum atomic E-state index is -4.59. The van der Waals surface area contributed by atoms with Gasteiger partial charge in [0.2, 0.25) is 15.9 Å². The van der Waals surface area contributed by atoms with Crippen molar-refractivity contribution in [3.63, 3.8) is 0 Å². The lowest BCUT2D eigenvalue weighted by Gasteiger charge is -2.32. The summed E-state index contributed by atoms with van der Waals surface area (Å²) in [7, 11) is -3.88. The Morgan fingerprint density at radius 2 is 1.10 bits per heavy atom. The lowest BCUT2D eigenvalue weighted by atomic mass is 9.81. The number of carbonyl (C=O) groups excluding carboxylic acids is 5. The second kappa shape index (κ2) is 24.0. The number of hydrogen-bond acceptors (Lipinski definition) is 7. The first-order valence-electron chi connectivity index (χ1n) is 22.0. The van der Waals surface area contributed by atoms with Gasteiger partial charge in [0.15, 0.2) is 5.78 Å². The molecule has 0 heterocycles. The molecular formula is C48H52ClF6N5O7S. The van der Waals surface area contributed by atoms with Crippen LogP contribution in [-0.4, -0.2) is 63.0 Å². The SMILES string of the molecule is NS(=O)(=O)c1ccc(C(=O)N[C@@H]2CCCC[C@@H]2CC(=O)CNC(=O)c2cccc(C(F)(F)F)c2)cc1.O=C(CNC(=O)c1cccc(C(F)(F)F)c1)N[C@H]1CCCC[C@H]1CCc1ccc(Cl)cc1. The molecule has 366 valence electrons. The van der Waals surface area contributed by atoms with E-state index in [2.05, 4.69) is 21.3 Å². The molecule has 2 aliphatic rings. The number of Topliss-reactive ketones (excluding diaryl/α,β-unsaturated/α-hetero) is 1. The van der Waals surface area contributed by atoms with Gasteiger partial charge in [-0.25, -0.2) is 13.6 Å². The summed E-state index contributed by atoms with van der Waals surface area (Å²) in [5.74, 6) is -2.40. The van der Waals surface area contributed by atoms with E-state index in [-0.39, 0.29) is 70.8 Å². The number of ketones is 1. The molecule has 0 unspecified atom stereocenters. The van der Waals surface area contributed by atoms with Gasteiger partial charge in [-0.1, -0.05) is 61.5 Å². The van der Waals surface area contributed by atoms with Crippen LogP contribution in [0.4, 0.5) is 26.3 Å². The maximum absolute atomic E-state index is 12.9. The van der Waals surface area contributed by atoms with Crippen LogP contribution < -0.4 is 26.4 Å². The highest BCUT2D eigenvalue weighted by molar-refractivity contribution is 7.89. The van der Waals surface area contributed by atoms with E-state index in [4.69, 9.17) is 16.7 Å². The van der Waals surface area contributed by atoms with Crippen LogP contribution in [0, 0.1) is 11.8 Å². The second-order valence-electron chi connectivity index (χ2n) is 16.8. The van der Waals surface area contributed by atoms with E-state index in [0.29, 0.717) is 23.8 Å². The van der Waals surface area contributed by atoms with Crippen molar-refractivity contribution in [3.05, 3.63) is 135 Å². The highest BCUT2D eigenvalue weighted by Gasteiger charge is 2.33. The van der Waals surface area contributed by atoms with Crippen LogP contribution in [0.25, 0.3) is 0 Å². The van der Waals surface area contributed by atoms with Gasteiger partial charge >= 0.3 is 12.4 Å². The Bertz CT molecular complexity index is 2510. The number of primary sulfonamides is 1. The molecule has 20 heteroatoms. The highest BCUT2D eigenvalue weighted by Crippen LogP contribution is 2.32. The molecule has 6 N–H and O–H groups in total. The molecule has 6 rings (SSSR count). The fraction of sp³-hybridized carbons (Fsp3) is 0.396. The Balaban J connectivity index is 0.000000256. The molecule has 0 aliphatic heterocycles. The number of aryl methyl sites for hydroxylation is 1. The van der Waals surface area contributed by atoms with Crippen LogP contribution in [0.15, 0.2) is 102 Å². The van der Waals surface area contributed by atoms with E-state index in [1.165, 1.54) is 48.0 Å². The number of nitrogens with one attached hydrogen (secondary N) is 4. The van der Waals surface area contributed by atoms with Gasteiger partial charge in [-0.05, 0) is 129 Å². The molecule has 0 spiro atoms. The van der Waals surface area contributed by atoms with Crippen molar-refractivity contribution in [2.75, 3.05) is 13.1 Å². The average molecular weight is 992 g/mol. The number of halogens is 7. The van der Waals surface area contributed by atoms with Crippen LogP contribution in [-0.2, 0) is 38.4 Å². The predicted octanol–water partition coefficient (Wildman–Crippen LogP) is 8.43. The summed E-state index contributed by atoms with van der Waals surface area (Å²) in [6, 6.07) is 20.7. The van der Waals surface area contributed by atoms with Crippen molar-refractivity contribution in [3.8, 4) is 0 Å². The number of alkyl halides is 6. The van der Waals surface area contributed by atoms with Crippen LogP contribution in [0.5, 0.6) is 0 Å². The molecule has 2 fully saturated rings. The molecule has 0 bridgehead atoms. The standard InChI is InChI=1S/C24H26ClF3N2O2.C24H26F3N3O5S/c25-20-12-9-16(10-13-20)8-11-17-4-1-2-7-21(17)30-22(31)15-29-23(32)18-5-3-6-19(14-18)24(26,27)28;25-24(26,27)18-6-3-5-17(12-18)22(32)29-14-19(31)13-16-4-1-2-7-21(16)30-23(33)15-8-10-20(11-9-15)36(28,34)35/h3,5-6,9-10,12-14,17,21H,1-2,4,7-8,11,15H2,(H,29,32)(H,30,31);3,5-6,8-12,16,21H,1-2,4,7,13-14H2,(H,29,32)(H,30,33)(H2,28,34,35)/t17-,21-;16-,21-/m01/s1. The Morgan fingerprint density at radius 3 is 1.63 bits per heavy atom. The normalized spacial score (nSPS) is 18.5. The zero-order valence-corrected chi connectivity index (χ0v) is 38.3. The summed E-state index contributed by atoms with van der Waals surface area (Å²) >= 11 is 5.93. The molecule has 0 radical (unpaired) electrons. The topological polar surface area (TPSA) is 194 Å². The summed E-state index contributed by atoms with van der Waals surface area (Å²) in [5.41, 5.74) is -0.758. The summed E-state index contributed by atoms with van der Waals surface area (Å²) in [4.78, 5) is 61.9. The van der Waals surface area contributed by atoms with E-state index in [1.807, 2.05) is 24.3 Å². The van der Waals surface area contributed by atoms with Crippen molar-refractivity contribution < 1.29 is 58.7 Å². The minimum absolute atomic E-state index is 0.0222. The number of rotatable bonds is 15. The smallest absolute Gasteiger partial charge is 0.352 e. The molecule has 0 aromatic heterocycles. The fourth-order valence-electron chi connectivity index (χ4n) is 8.28. The Morgan fingerprint density at radius 1 is 0.603 bits per heavy atom. The van der Waals surface area contributed by atoms with Crippen molar-refractivity contribution >= 4 is 51.0 Å². The average Bonchev–Trinajstić information content (AvgIpc) is 3.30. The van der Waals surface area contributed by atoms with Crippen molar-refractivity contribution in [2.45, 2.75) is 100.0 Å². The minimum Gasteiger partial charge on any atom is -0.352 e. The van der Waals surface area contributed by atoms with Crippen molar-refractivity contribution in [1.29, 1.82) is 0 Å². The van der Waals surface area contributed by atoms with E-state index in [9.17, 15) is 58.7 Å². The number of sulfonamides is 1. The fourth-order valence-corrected chi connectivity index (χ4v) is 8.92. The molecular weight excluding hydrogens is 940 g/mol. The largest absolute Gasteiger partial charge is 0.416 e. The van der Waals surface area contributed by atoms with Crippen LogP contribution in [0.1, 0.15) is 112 Å². The van der Waals surface area contributed by atoms with Gasteiger partial charge in [0.1, 0.15) is 0 Å². The second-order valence-corrected chi connectivity index (χ2v) is 18.8. The maximum Gasteiger partial charge on any atom is 0.416 e. The van der Waals surface area contributed by atoms with Crippen LogP contribution >= 0.6 is 11.6 Å². The molecule has 12 nitrogen and oxygen atoms in total. The molecule has 4 aromatic carbocycles. The third kappa shape index (κ3) is 16.5. The molecule has 0 saturated heterocycles. The van der Waals surface area contributed by atoms with Gasteiger partial charge in [0, 0.05) is 40.2 Å². The van der Waals surface area contributed by atoms with Gasteiger partial charge < -0.3 is 21.3 Å². The quantitative estimate of drug-likeness (QED) is 0.0738. The number of nitrogens with two attached hydrogens (primary N) is 1. The zero-order valence-electron chi connectivity index (χ0n) is 36.7. The van der Waals surface area contributed by atoms with E-state index in [1.54, 1.807) is 0 Å². The van der Waals surface area contributed by atoms with Gasteiger partial charge in [-0.3, -0.25) is 24.0 Å². The van der Waals surface area contributed by atoms with Gasteiger partial charge in [0.05, 0.1) is 29.1 Å². The lowest BCUT2D eigenvalue weighted by Crippen LogP contribution is -2.46. The van der Waals surface area contributed by atoms with Gasteiger partial charge in [-0.15, -0.1) is 0 Å². The van der Waals surface area contributed by atoms with Crippen LogP contribution in [0.3, 0.4) is 0 Å². The molecule has 4 amide bonds. The number of carbonyl (C=O) groups is 5. The lowest BCUT2D eigenvalue weighted by molar-refractivity contribution is -0.138. The predicted molar refractivity (Wildman–Crippen MR) is 242 cm³/mol. The Kier molecular flexibility index (Phi) is 18.7. The first-order chi connectivity index (χ1) is 32.1. The zero-order chi connectivity index (χ0) is 49.6.